The molecule has 0 aromatic heterocycles. The van der Waals surface area contributed by atoms with Gasteiger partial charge in [-0.25, -0.2) is 4.79 Å². The van der Waals surface area contributed by atoms with Crippen molar-refractivity contribution in [3.63, 3.8) is 0 Å². The van der Waals surface area contributed by atoms with Crippen LogP contribution in [0.4, 0.5) is 4.79 Å². The van der Waals surface area contributed by atoms with Crippen LogP contribution in [0.3, 0.4) is 0 Å². The molecule has 146 valence electrons. The van der Waals surface area contributed by atoms with Gasteiger partial charge in [0, 0.05) is 19.2 Å². The topological polar surface area (TPSA) is 64.6 Å². The molecule has 5 nitrogen and oxygen atoms in total. The molecule has 0 aliphatic rings. The molecule has 0 heterocycles. The molecule has 0 spiro atoms. The van der Waals surface area contributed by atoms with Gasteiger partial charge in [-0.3, -0.25) is 4.79 Å². The number of unbranched alkanes of at least 4 members (excludes halogenated alkanes) is 3. The van der Waals surface area contributed by atoms with Crippen LogP contribution in [0.25, 0.3) is 0 Å². The summed E-state index contributed by atoms with van der Waals surface area (Å²) in [5.74, 6) is 1.56. The van der Waals surface area contributed by atoms with E-state index >= 15 is 0 Å². The number of alkyl carbamates (subject to hydrolysis) is 1. The number of rotatable bonds is 10. The SMILES string of the molecule is CC(=O)SCc1ccc(OCCCCCCNC(=O)OC(C)(C)C)cc1. The molecule has 0 aliphatic heterocycles. The van der Waals surface area contributed by atoms with Crippen LogP contribution in [-0.2, 0) is 15.3 Å². The lowest BCUT2D eigenvalue weighted by Crippen LogP contribution is -2.32. The molecule has 1 aromatic carbocycles. The lowest BCUT2D eigenvalue weighted by Gasteiger charge is -2.19. The normalized spacial score (nSPS) is 11.1. The number of amides is 1. The van der Waals surface area contributed by atoms with E-state index in [0.717, 1.165) is 37.0 Å². The van der Waals surface area contributed by atoms with Crippen molar-refractivity contribution in [1.29, 1.82) is 0 Å². The van der Waals surface area contributed by atoms with E-state index in [4.69, 9.17) is 9.47 Å². The second-order valence-electron chi connectivity index (χ2n) is 7.12. The fourth-order valence-corrected chi connectivity index (χ4v) is 2.70. The van der Waals surface area contributed by atoms with Gasteiger partial charge in [0.15, 0.2) is 5.12 Å². The highest BCUT2D eigenvalue weighted by Crippen LogP contribution is 2.17. The Morgan fingerprint density at radius 2 is 1.69 bits per heavy atom. The highest BCUT2D eigenvalue weighted by atomic mass is 32.2. The van der Waals surface area contributed by atoms with Crippen LogP contribution in [-0.4, -0.2) is 30.0 Å². The summed E-state index contributed by atoms with van der Waals surface area (Å²) in [6.07, 6.45) is 3.66. The molecule has 0 aliphatic carbocycles. The van der Waals surface area contributed by atoms with Crippen molar-refractivity contribution in [1.82, 2.24) is 5.32 Å². The summed E-state index contributed by atoms with van der Waals surface area (Å²) in [4.78, 5) is 22.4. The second-order valence-corrected chi connectivity index (χ2v) is 8.27. The Kier molecular flexibility index (Phi) is 10.2. The predicted octanol–water partition coefficient (Wildman–Crippen LogP) is 4.93. The summed E-state index contributed by atoms with van der Waals surface area (Å²) in [5, 5.41) is 2.89. The van der Waals surface area contributed by atoms with Gasteiger partial charge in [-0.05, 0) is 51.3 Å². The van der Waals surface area contributed by atoms with E-state index in [1.165, 1.54) is 11.8 Å². The Bertz CT molecular complexity index is 552. The van der Waals surface area contributed by atoms with E-state index in [1.807, 2.05) is 45.0 Å². The number of nitrogens with one attached hydrogen (secondary N) is 1. The third-order valence-electron chi connectivity index (χ3n) is 3.37. The van der Waals surface area contributed by atoms with Gasteiger partial charge < -0.3 is 14.8 Å². The molecule has 0 unspecified atom stereocenters. The fraction of sp³-hybridized carbons (Fsp3) is 0.600. The van der Waals surface area contributed by atoms with Crippen LogP contribution in [0.5, 0.6) is 5.75 Å². The third kappa shape index (κ3) is 11.8. The van der Waals surface area contributed by atoms with Crippen molar-refractivity contribution in [3.05, 3.63) is 29.8 Å². The van der Waals surface area contributed by atoms with E-state index in [1.54, 1.807) is 6.92 Å². The molecule has 1 aromatic rings. The maximum Gasteiger partial charge on any atom is 0.407 e. The highest BCUT2D eigenvalue weighted by Gasteiger charge is 2.15. The van der Waals surface area contributed by atoms with Crippen LogP contribution in [0.15, 0.2) is 24.3 Å². The van der Waals surface area contributed by atoms with Crippen LogP contribution < -0.4 is 10.1 Å². The number of carbonyl (C=O) groups is 2. The first-order chi connectivity index (χ1) is 12.3. The summed E-state index contributed by atoms with van der Waals surface area (Å²) < 4.78 is 10.9. The van der Waals surface area contributed by atoms with Crippen LogP contribution in [0, 0.1) is 0 Å². The molecule has 6 heteroatoms. The summed E-state index contributed by atoms with van der Waals surface area (Å²) in [5.41, 5.74) is 0.668. The second kappa shape index (κ2) is 11.8. The lowest BCUT2D eigenvalue weighted by atomic mass is 10.2. The molecule has 0 bridgehead atoms. The third-order valence-corrected chi connectivity index (χ3v) is 4.26. The first-order valence-corrected chi connectivity index (χ1v) is 10.1. The zero-order chi connectivity index (χ0) is 19.4. The van der Waals surface area contributed by atoms with E-state index in [2.05, 4.69) is 5.32 Å². The Balaban J connectivity index is 2.03. The molecule has 0 fully saturated rings. The molecule has 0 saturated carbocycles. The van der Waals surface area contributed by atoms with Crippen molar-refractivity contribution >= 4 is 23.0 Å². The zero-order valence-corrected chi connectivity index (χ0v) is 17.1. The minimum absolute atomic E-state index is 0.131. The van der Waals surface area contributed by atoms with E-state index < -0.39 is 5.60 Å². The molecule has 0 radical (unpaired) electrons. The average Bonchev–Trinajstić information content (AvgIpc) is 2.54. The van der Waals surface area contributed by atoms with Crippen molar-refractivity contribution in [2.45, 2.75) is 64.7 Å². The average molecular weight is 382 g/mol. The predicted molar refractivity (Wildman–Crippen MR) is 107 cm³/mol. The molecule has 0 atom stereocenters. The van der Waals surface area contributed by atoms with Crippen molar-refractivity contribution in [2.75, 3.05) is 13.2 Å². The van der Waals surface area contributed by atoms with Crippen molar-refractivity contribution in [2.24, 2.45) is 0 Å². The largest absolute Gasteiger partial charge is 0.494 e. The summed E-state index contributed by atoms with van der Waals surface area (Å²) >= 11 is 1.31. The summed E-state index contributed by atoms with van der Waals surface area (Å²) in [6.45, 7) is 8.45. The van der Waals surface area contributed by atoms with Gasteiger partial charge in [-0.1, -0.05) is 36.7 Å². The first-order valence-electron chi connectivity index (χ1n) is 9.08. The number of hydrogen-bond donors (Lipinski definition) is 1. The highest BCUT2D eigenvalue weighted by molar-refractivity contribution is 8.12. The smallest absolute Gasteiger partial charge is 0.407 e. The molecular formula is C20H31NO4S. The quantitative estimate of drug-likeness (QED) is 0.582. The number of carbonyl (C=O) groups excluding carboxylic acids is 2. The molecule has 1 N–H and O–H groups in total. The van der Waals surface area contributed by atoms with Gasteiger partial charge >= 0.3 is 6.09 Å². The first kappa shape index (κ1) is 22.4. The monoisotopic (exact) mass is 381 g/mol. The Morgan fingerprint density at radius 1 is 1.04 bits per heavy atom. The molecule has 0 saturated heterocycles. The minimum Gasteiger partial charge on any atom is -0.494 e. The van der Waals surface area contributed by atoms with E-state index in [-0.39, 0.29) is 11.2 Å². The number of thioether (sulfide) groups is 1. The Morgan fingerprint density at radius 3 is 2.31 bits per heavy atom. The molecule has 1 rings (SSSR count). The molecule has 26 heavy (non-hydrogen) atoms. The van der Waals surface area contributed by atoms with Gasteiger partial charge in [0.2, 0.25) is 0 Å². The minimum atomic E-state index is -0.452. The fourth-order valence-electron chi connectivity index (χ4n) is 2.14. The Hall–Kier alpha value is -1.69. The number of hydrogen-bond acceptors (Lipinski definition) is 5. The van der Waals surface area contributed by atoms with Crippen molar-refractivity contribution < 1.29 is 19.1 Å². The van der Waals surface area contributed by atoms with Gasteiger partial charge in [-0.2, -0.15) is 0 Å². The van der Waals surface area contributed by atoms with Crippen LogP contribution in [0.2, 0.25) is 0 Å². The summed E-state index contributed by atoms with van der Waals surface area (Å²) in [6, 6.07) is 7.88. The van der Waals surface area contributed by atoms with Crippen LogP contribution in [0.1, 0.15) is 58.9 Å². The van der Waals surface area contributed by atoms with Gasteiger partial charge in [0.05, 0.1) is 6.61 Å². The van der Waals surface area contributed by atoms with Crippen molar-refractivity contribution in [3.8, 4) is 5.75 Å². The standard InChI is InChI=1S/C20H31NO4S/c1-16(22)26-15-17-9-11-18(12-10-17)24-14-8-6-5-7-13-21-19(23)25-20(2,3)4/h9-12H,5-8,13-15H2,1-4H3,(H,21,23). The number of ether oxygens (including phenoxy) is 2. The lowest BCUT2D eigenvalue weighted by molar-refractivity contribution is -0.109. The Labute approximate surface area is 161 Å². The molecular weight excluding hydrogens is 350 g/mol. The van der Waals surface area contributed by atoms with Crippen LogP contribution >= 0.6 is 11.8 Å². The van der Waals surface area contributed by atoms with Gasteiger partial charge in [0.1, 0.15) is 11.4 Å². The number of benzene rings is 1. The molecule has 1 amide bonds. The van der Waals surface area contributed by atoms with E-state index in [0.29, 0.717) is 18.9 Å². The van der Waals surface area contributed by atoms with E-state index in [9.17, 15) is 9.59 Å². The van der Waals surface area contributed by atoms with Gasteiger partial charge in [-0.15, -0.1) is 0 Å². The zero-order valence-electron chi connectivity index (χ0n) is 16.3. The maximum atomic E-state index is 11.5. The van der Waals surface area contributed by atoms with Gasteiger partial charge in [0.25, 0.3) is 0 Å². The maximum absolute atomic E-state index is 11.5. The summed E-state index contributed by atoms with van der Waals surface area (Å²) in [7, 11) is 0.